The van der Waals surface area contributed by atoms with Gasteiger partial charge >= 0.3 is 0 Å². The van der Waals surface area contributed by atoms with Crippen molar-refractivity contribution in [2.24, 2.45) is 5.92 Å². The molecule has 2 heterocycles. The Kier molecular flexibility index (Phi) is 2.36. The van der Waals surface area contributed by atoms with Crippen LogP contribution in [0, 0.1) is 5.92 Å². The van der Waals surface area contributed by atoms with Gasteiger partial charge in [0.2, 0.25) is 5.89 Å². The van der Waals surface area contributed by atoms with Gasteiger partial charge in [-0.25, -0.2) is 0 Å². The fourth-order valence-electron chi connectivity index (χ4n) is 1.62. The molecule has 1 aliphatic rings. The average molecular weight is 167 g/mol. The molecule has 0 aromatic carbocycles. The average Bonchev–Trinajstić information content (AvgIpc) is 2.59. The summed E-state index contributed by atoms with van der Waals surface area (Å²) < 4.78 is 4.95. The summed E-state index contributed by atoms with van der Waals surface area (Å²) in [6.45, 7) is 2.25. The fraction of sp³-hybridized carbons (Fsp3) is 0.750. The van der Waals surface area contributed by atoms with Gasteiger partial charge in [-0.05, 0) is 31.8 Å². The summed E-state index contributed by atoms with van der Waals surface area (Å²) in [6, 6.07) is 0. The summed E-state index contributed by atoms with van der Waals surface area (Å²) in [6.07, 6.45) is 4.86. The van der Waals surface area contributed by atoms with E-state index in [9.17, 15) is 0 Å². The molecule has 66 valence electrons. The number of piperidine rings is 1. The van der Waals surface area contributed by atoms with Gasteiger partial charge in [0.25, 0.3) is 0 Å². The van der Waals surface area contributed by atoms with Gasteiger partial charge in [0.15, 0.2) is 6.33 Å². The molecule has 0 unspecified atom stereocenters. The van der Waals surface area contributed by atoms with Gasteiger partial charge in [0.05, 0.1) is 0 Å². The Labute approximate surface area is 71.4 Å². The summed E-state index contributed by atoms with van der Waals surface area (Å²) in [5, 5.41) is 6.91. The summed E-state index contributed by atoms with van der Waals surface area (Å²) in [7, 11) is 0. The first kappa shape index (κ1) is 7.73. The van der Waals surface area contributed by atoms with E-state index >= 15 is 0 Å². The molecule has 1 aromatic rings. The topological polar surface area (TPSA) is 51.0 Å². The molecule has 0 amide bonds. The Bertz CT molecular complexity index is 216. The van der Waals surface area contributed by atoms with Crippen LogP contribution in [0.1, 0.15) is 18.7 Å². The molecule has 0 radical (unpaired) electrons. The van der Waals surface area contributed by atoms with Crippen molar-refractivity contribution in [1.29, 1.82) is 0 Å². The highest BCUT2D eigenvalue weighted by molar-refractivity contribution is 4.81. The Balaban J connectivity index is 1.86. The van der Waals surface area contributed by atoms with Crippen LogP contribution in [0.2, 0.25) is 0 Å². The number of aromatic nitrogens is 2. The number of hydrogen-bond acceptors (Lipinski definition) is 4. The monoisotopic (exact) mass is 167 g/mol. The Hall–Kier alpha value is -0.900. The highest BCUT2D eigenvalue weighted by Gasteiger charge is 2.15. The molecule has 0 bridgehead atoms. The lowest BCUT2D eigenvalue weighted by molar-refractivity contribution is 0.313. The Morgan fingerprint density at radius 2 is 2.33 bits per heavy atom. The third kappa shape index (κ3) is 1.82. The van der Waals surface area contributed by atoms with E-state index in [4.69, 9.17) is 4.52 Å². The molecule has 4 heteroatoms. The second-order valence-electron chi connectivity index (χ2n) is 3.23. The molecule has 1 aromatic heterocycles. The maximum Gasteiger partial charge on any atom is 0.226 e. The zero-order valence-electron chi connectivity index (χ0n) is 6.99. The first-order chi connectivity index (χ1) is 5.95. The molecule has 1 fully saturated rings. The number of nitrogens with zero attached hydrogens (tertiary/aromatic N) is 2. The van der Waals surface area contributed by atoms with Crippen LogP contribution in [0.3, 0.4) is 0 Å². The minimum Gasteiger partial charge on any atom is -0.340 e. The molecule has 0 aliphatic carbocycles. The molecular formula is C8H13N3O. The van der Waals surface area contributed by atoms with Crippen LogP contribution in [-0.2, 0) is 6.42 Å². The van der Waals surface area contributed by atoms with Crippen molar-refractivity contribution in [2.45, 2.75) is 19.3 Å². The maximum atomic E-state index is 4.95. The van der Waals surface area contributed by atoms with Crippen LogP contribution < -0.4 is 5.32 Å². The number of hydrogen-bond donors (Lipinski definition) is 1. The molecule has 1 N–H and O–H groups in total. The van der Waals surface area contributed by atoms with Gasteiger partial charge in [0, 0.05) is 6.42 Å². The van der Waals surface area contributed by atoms with Crippen molar-refractivity contribution in [2.75, 3.05) is 13.1 Å². The van der Waals surface area contributed by atoms with Gasteiger partial charge in [0.1, 0.15) is 0 Å². The zero-order chi connectivity index (χ0) is 8.23. The number of nitrogens with one attached hydrogen (secondary N) is 1. The molecular weight excluding hydrogens is 154 g/mol. The smallest absolute Gasteiger partial charge is 0.226 e. The zero-order valence-corrected chi connectivity index (χ0v) is 6.99. The van der Waals surface area contributed by atoms with Crippen molar-refractivity contribution >= 4 is 0 Å². The fourth-order valence-corrected chi connectivity index (χ4v) is 1.62. The Morgan fingerprint density at radius 3 is 3.00 bits per heavy atom. The van der Waals surface area contributed by atoms with Gasteiger partial charge in [-0.2, -0.15) is 4.98 Å². The van der Waals surface area contributed by atoms with Crippen molar-refractivity contribution in [3.63, 3.8) is 0 Å². The summed E-state index contributed by atoms with van der Waals surface area (Å²) in [5.74, 6) is 1.51. The standard InChI is InChI=1S/C8H13N3O/c1-3-9-4-2-7(1)5-8-10-6-11-12-8/h6-7,9H,1-5H2. The quantitative estimate of drug-likeness (QED) is 0.701. The van der Waals surface area contributed by atoms with Crippen LogP contribution in [0.4, 0.5) is 0 Å². The maximum absolute atomic E-state index is 4.95. The van der Waals surface area contributed by atoms with Crippen LogP contribution in [0.25, 0.3) is 0 Å². The lowest BCUT2D eigenvalue weighted by Crippen LogP contribution is -2.28. The third-order valence-corrected chi connectivity index (χ3v) is 2.33. The van der Waals surface area contributed by atoms with Gasteiger partial charge < -0.3 is 9.84 Å². The van der Waals surface area contributed by atoms with E-state index in [2.05, 4.69) is 15.5 Å². The van der Waals surface area contributed by atoms with E-state index in [1.807, 2.05) is 0 Å². The van der Waals surface area contributed by atoms with E-state index in [1.54, 1.807) is 0 Å². The van der Waals surface area contributed by atoms with E-state index in [-0.39, 0.29) is 0 Å². The van der Waals surface area contributed by atoms with Crippen LogP contribution in [0.5, 0.6) is 0 Å². The van der Waals surface area contributed by atoms with Gasteiger partial charge in [-0.15, -0.1) is 0 Å². The van der Waals surface area contributed by atoms with Gasteiger partial charge in [-0.1, -0.05) is 5.16 Å². The largest absolute Gasteiger partial charge is 0.340 e. The molecule has 0 spiro atoms. The van der Waals surface area contributed by atoms with Crippen molar-refractivity contribution in [1.82, 2.24) is 15.5 Å². The second-order valence-corrected chi connectivity index (χ2v) is 3.23. The summed E-state index contributed by atoms with van der Waals surface area (Å²) >= 11 is 0. The Morgan fingerprint density at radius 1 is 1.50 bits per heavy atom. The first-order valence-electron chi connectivity index (χ1n) is 4.41. The highest BCUT2D eigenvalue weighted by atomic mass is 16.5. The highest BCUT2D eigenvalue weighted by Crippen LogP contribution is 2.15. The van der Waals surface area contributed by atoms with E-state index in [1.165, 1.54) is 19.2 Å². The normalized spacial score (nSPS) is 19.7. The van der Waals surface area contributed by atoms with Crippen LogP contribution >= 0.6 is 0 Å². The third-order valence-electron chi connectivity index (χ3n) is 2.33. The minimum atomic E-state index is 0.728. The van der Waals surface area contributed by atoms with Crippen LogP contribution in [0.15, 0.2) is 10.9 Å². The molecule has 4 nitrogen and oxygen atoms in total. The van der Waals surface area contributed by atoms with Crippen molar-refractivity contribution in [3.8, 4) is 0 Å². The molecule has 1 aliphatic heterocycles. The molecule has 1 saturated heterocycles. The molecule has 2 rings (SSSR count). The SMILES string of the molecule is c1noc(CC2CCNCC2)n1. The minimum absolute atomic E-state index is 0.728. The van der Waals surface area contributed by atoms with Crippen molar-refractivity contribution in [3.05, 3.63) is 12.2 Å². The molecule has 0 saturated carbocycles. The summed E-state index contributed by atoms with van der Waals surface area (Å²) in [4.78, 5) is 4.01. The van der Waals surface area contributed by atoms with Crippen LogP contribution in [-0.4, -0.2) is 23.2 Å². The lowest BCUT2D eigenvalue weighted by Gasteiger charge is -2.20. The number of rotatable bonds is 2. The van der Waals surface area contributed by atoms with E-state index in [0.29, 0.717) is 0 Å². The van der Waals surface area contributed by atoms with Gasteiger partial charge in [-0.3, -0.25) is 0 Å². The second kappa shape index (κ2) is 3.67. The summed E-state index contributed by atoms with van der Waals surface area (Å²) in [5.41, 5.74) is 0. The van der Waals surface area contributed by atoms with E-state index in [0.717, 1.165) is 31.3 Å². The lowest BCUT2D eigenvalue weighted by atomic mass is 9.95. The first-order valence-corrected chi connectivity index (χ1v) is 4.41. The van der Waals surface area contributed by atoms with E-state index < -0.39 is 0 Å². The van der Waals surface area contributed by atoms with Crippen molar-refractivity contribution < 1.29 is 4.52 Å². The molecule has 0 atom stereocenters. The molecule has 12 heavy (non-hydrogen) atoms. The predicted octanol–water partition coefficient (Wildman–Crippen LogP) is 0.612. The predicted molar refractivity (Wildman–Crippen MR) is 43.6 cm³/mol.